The van der Waals surface area contributed by atoms with Gasteiger partial charge in [-0.3, -0.25) is 0 Å². The van der Waals surface area contributed by atoms with E-state index in [0.717, 1.165) is 22.6 Å². The number of nitrogens with one attached hydrogen (secondary N) is 1. The second kappa shape index (κ2) is 9.57. The summed E-state index contributed by atoms with van der Waals surface area (Å²) >= 11 is 6.29. The van der Waals surface area contributed by atoms with Gasteiger partial charge in [0, 0.05) is 17.7 Å². The van der Waals surface area contributed by atoms with E-state index < -0.39 is 12.1 Å². The highest BCUT2D eigenvalue weighted by atomic mass is 35.5. The lowest BCUT2D eigenvalue weighted by Crippen LogP contribution is -2.39. The van der Waals surface area contributed by atoms with E-state index in [2.05, 4.69) is 21.6 Å². The van der Waals surface area contributed by atoms with Gasteiger partial charge in [-0.1, -0.05) is 29.8 Å². The summed E-state index contributed by atoms with van der Waals surface area (Å²) in [5.74, 6) is 0.744. The van der Waals surface area contributed by atoms with Gasteiger partial charge in [-0.05, 0) is 49.8 Å². The summed E-state index contributed by atoms with van der Waals surface area (Å²) in [5.41, 5.74) is 4.19. The molecule has 2 atom stereocenters. The zero-order chi connectivity index (χ0) is 21.7. The third-order valence-corrected chi connectivity index (χ3v) is 5.40. The molecule has 1 aliphatic heterocycles. The summed E-state index contributed by atoms with van der Waals surface area (Å²) in [6, 6.07) is 12.7. The lowest BCUT2D eigenvalue weighted by molar-refractivity contribution is 0.192. The zero-order valence-corrected chi connectivity index (χ0v) is 17.8. The molecule has 0 saturated heterocycles. The number of rotatable bonds is 6. The fraction of sp³-hybridized carbons (Fsp3) is 0.261. The molecule has 2 N–H and O–H groups in total. The molecule has 1 heterocycles. The van der Waals surface area contributed by atoms with E-state index in [-0.39, 0.29) is 0 Å². The normalized spacial score (nSPS) is 15.3. The molecule has 30 heavy (non-hydrogen) atoms. The highest BCUT2D eigenvalue weighted by Gasteiger charge is 2.23. The number of nitrogens with zero attached hydrogens (tertiary/aromatic N) is 3. The Morgan fingerprint density at radius 1 is 1.27 bits per heavy atom. The molecule has 0 amide bonds. The van der Waals surface area contributed by atoms with Crippen LogP contribution in [0.4, 0.5) is 5.69 Å². The van der Waals surface area contributed by atoms with Crippen LogP contribution in [0.1, 0.15) is 30.0 Å². The largest absolute Gasteiger partial charge is 0.497 e. The summed E-state index contributed by atoms with van der Waals surface area (Å²) < 4.78 is 5.28. The van der Waals surface area contributed by atoms with Gasteiger partial charge in [0.05, 0.1) is 41.3 Å². The minimum Gasteiger partial charge on any atom is -0.497 e. The van der Waals surface area contributed by atoms with Crippen LogP contribution >= 0.6 is 11.6 Å². The second-order valence-electron chi connectivity index (χ2n) is 6.99. The first kappa shape index (κ1) is 21.6. The first-order chi connectivity index (χ1) is 14.4. The van der Waals surface area contributed by atoms with E-state index in [9.17, 15) is 5.11 Å². The summed E-state index contributed by atoms with van der Waals surface area (Å²) in [7, 11) is 1.62. The molecular formula is C23H23ClN4O2. The number of hydrogen-bond acceptors (Lipinski definition) is 6. The molecule has 0 radical (unpaired) electrons. The molecule has 0 bridgehead atoms. The molecule has 2 aromatic rings. The van der Waals surface area contributed by atoms with E-state index >= 15 is 0 Å². The van der Waals surface area contributed by atoms with Crippen molar-refractivity contribution in [2.24, 2.45) is 10.2 Å². The third kappa shape index (κ3) is 4.70. The van der Waals surface area contributed by atoms with Crippen LogP contribution in [0.15, 0.2) is 58.8 Å². The van der Waals surface area contributed by atoms with E-state index in [0.29, 0.717) is 28.4 Å². The second-order valence-corrected chi connectivity index (χ2v) is 7.37. The quantitative estimate of drug-likeness (QED) is 0.717. The molecule has 0 unspecified atom stereocenters. The first-order valence-electron chi connectivity index (χ1n) is 9.53. The van der Waals surface area contributed by atoms with Crippen molar-refractivity contribution in [1.29, 1.82) is 5.26 Å². The van der Waals surface area contributed by atoms with Crippen molar-refractivity contribution in [1.82, 2.24) is 0 Å². The van der Waals surface area contributed by atoms with Gasteiger partial charge in [0.2, 0.25) is 0 Å². The highest BCUT2D eigenvalue weighted by Crippen LogP contribution is 2.28. The predicted octanol–water partition coefficient (Wildman–Crippen LogP) is 4.50. The number of allylic oxidation sites excluding steroid dienone is 2. The highest BCUT2D eigenvalue weighted by molar-refractivity contribution is 6.32. The van der Waals surface area contributed by atoms with Crippen LogP contribution in [0, 0.1) is 18.3 Å². The molecule has 7 heteroatoms. The standard InChI is InChI=1S/C23H23ClN4O2/c1-14-19(11-10-17(13-25)22(14)24)26-23(15(2)29)21-9-5-8-20(27-28-21)16-6-4-7-18(12-16)30-3/h4-8,10-12,15,23,26,29H,9H2,1-3H3/t15-,23+/m0/s1. The van der Waals surface area contributed by atoms with Crippen LogP contribution in [0.2, 0.25) is 5.02 Å². The Balaban J connectivity index is 1.91. The SMILES string of the molecule is COc1cccc(C2=NN=C([C@H](Nc3ccc(C#N)c(Cl)c3C)[C@H](C)O)CC=C2)c1. The van der Waals surface area contributed by atoms with Crippen molar-refractivity contribution in [3.63, 3.8) is 0 Å². The number of aliphatic hydroxyl groups is 1. The van der Waals surface area contributed by atoms with Crippen LogP contribution in [0.3, 0.4) is 0 Å². The van der Waals surface area contributed by atoms with Crippen molar-refractivity contribution in [2.75, 3.05) is 12.4 Å². The van der Waals surface area contributed by atoms with Crippen molar-refractivity contribution in [2.45, 2.75) is 32.4 Å². The number of nitriles is 1. The smallest absolute Gasteiger partial charge is 0.119 e. The number of benzene rings is 2. The zero-order valence-electron chi connectivity index (χ0n) is 17.1. The Hall–Kier alpha value is -3.14. The Morgan fingerprint density at radius 2 is 2.07 bits per heavy atom. The van der Waals surface area contributed by atoms with Crippen molar-refractivity contribution < 1.29 is 9.84 Å². The maximum atomic E-state index is 10.4. The Bertz CT molecular complexity index is 1070. The lowest BCUT2D eigenvalue weighted by Gasteiger charge is -2.24. The fourth-order valence-electron chi connectivity index (χ4n) is 3.19. The number of methoxy groups -OCH3 is 1. The minimum atomic E-state index is -0.723. The minimum absolute atomic E-state index is 0.396. The molecule has 0 fully saturated rings. The Kier molecular flexibility index (Phi) is 6.88. The molecule has 3 rings (SSSR count). The van der Waals surface area contributed by atoms with Gasteiger partial charge >= 0.3 is 0 Å². The average Bonchev–Trinajstić information content (AvgIpc) is 3.01. The number of aliphatic hydroxyl groups excluding tert-OH is 1. The Morgan fingerprint density at radius 3 is 2.77 bits per heavy atom. The van der Waals surface area contributed by atoms with Gasteiger partial charge in [-0.25, -0.2) is 0 Å². The summed E-state index contributed by atoms with van der Waals surface area (Å²) in [5, 5.41) is 32.1. The lowest BCUT2D eigenvalue weighted by atomic mass is 10.0. The Labute approximate surface area is 181 Å². The fourth-order valence-corrected chi connectivity index (χ4v) is 3.39. The van der Waals surface area contributed by atoms with E-state index in [1.165, 1.54) is 0 Å². The molecule has 0 aromatic heterocycles. The van der Waals surface area contributed by atoms with Gasteiger partial charge in [0.1, 0.15) is 11.8 Å². The van der Waals surface area contributed by atoms with Crippen LogP contribution in [0.25, 0.3) is 0 Å². The first-order valence-corrected chi connectivity index (χ1v) is 9.91. The summed E-state index contributed by atoms with van der Waals surface area (Å²) in [6.07, 6.45) is 3.69. The van der Waals surface area contributed by atoms with Crippen LogP contribution in [-0.2, 0) is 0 Å². The van der Waals surface area contributed by atoms with E-state index in [1.54, 1.807) is 26.2 Å². The number of hydrogen-bond donors (Lipinski definition) is 2. The molecule has 0 aliphatic carbocycles. The van der Waals surface area contributed by atoms with Gasteiger partial charge in [0.15, 0.2) is 0 Å². The predicted molar refractivity (Wildman–Crippen MR) is 121 cm³/mol. The third-order valence-electron chi connectivity index (χ3n) is 4.91. The van der Waals surface area contributed by atoms with Crippen LogP contribution in [0.5, 0.6) is 5.75 Å². The molecule has 154 valence electrons. The monoisotopic (exact) mass is 422 g/mol. The molecule has 1 aliphatic rings. The molecule has 0 spiro atoms. The average molecular weight is 423 g/mol. The van der Waals surface area contributed by atoms with Gasteiger partial charge in [0.25, 0.3) is 0 Å². The topological polar surface area (TPSA) is 90.0 Å². The van der Waals surface area contributed by atoms with Gasteiger partial charge in [-0.15, -0.1) is 0 Å². The van der Waals surface area contributed by atoms with Crippen LogP contribution in [-0.4, -0.2) is 35.8 Å². The number of ether oxygens (including phenoxy) is 1. The number of halogens is 1. The van der Waals surface area contributed by atoms with E-state index in [1.807, 2.05) is 43.3 Å². The number of anilines is 1. The maximum absolute atomic E-state index is 10.4. The van der Waals surface area contributed by atoms with Crippen molar-refractivity contribution in [3.8, 4) is 11.8 Å². The van der Waals surface area contributed by atoms with Crippen molar-refractivity contribution in [3.05, 3.63) is 70.3 Å². The molecule has 0 saturated carbocycles. The summed E-state index contributed by atoms with van der Waals surface area (Å²) in [6.45, 7) is 3.53. The van der Waals surface area contributed by atoms with Gasteiger partial charge < -0.3 is 15.2 Å². The summed E-state index contributed by atoms with van der Waals surface area (Å²) in [4.78, 5) is 0. The molecule has 6 nitrogen and oxygen atoms in total. The molecular weight excluding hydrogens is 400 g/mol. The van der Waals surface area contributed by atoms with Crippen molar-refractivity contribution >= 4 is 28.7 Å². The molecule has 2 aromatic carbocycles. The van der Waals surface area contributed by atoms with Gasteiger partial charge in [-0.2, -0.15) is 15.5 Å². The van der Waals surface area contributed by atoms with Crippen LogP contribution < -0.4 is 10.1 Å². The maximum Gasteiger partial charge on any atom is 0.119 e. The van der Waals surface area contributed by atoms with E-state index in [4.69, 9.17) is 21.6 Å².